The Hall–Kier alpha value is -4.19. The number of nitriles is 1. The Labute approximate surface area is 207 Å². The van der Waals surface area contributed by atoms with Crippen molar-refractivity contribution >= 4 is 29.2 Å². The van der Waals surface area contributed by atoms with Gasteiger partial charge >= 0.3 is 5.97 Å². The lowest BCUT2D eigenvalue weighted by Gasteiger charge is -2.30. The van der Waals surface area contributed by atoms with E-state index in [4.69, 9.17) is 19.6 Å². The van der Waals surface area contributed by atoms with E-state index >= 15 is 0 Å². The molecule has 0 N–H and O–H groups in total. The maximum absolute atomic E-state index is 13.6. The van der Waals surface area contributed by atoms with Crippen molar-refractivity contribution in [2.24, 2.45) is 34.7 Å². The van der Waals surface area contributed by atoms with E-state index in [0.717, 1.165) is 12.0 Å². The molecule has 2 amide bonds. The fraction of sp³-hybridized carbons (Fsp3) is 0.370. The molecule has 2 heterocycles. The topological polar surface area (TPSA) is 118 Å². The molecule has 0 radical (unpaired) electrons. The van der Waals surface area contributed by atoms with Gasteiger partial charge in [0.25, 0.3) is 0 Å². The first kappa shape index (κ1) is 22.3. The highest BCUT2D eigenvalue weighted by atomic mass is 16.6. The minimum absolute atomic E-state index is 0.0875. The average molecular weight is 485 g/mol. The van der Waals surface area contributed by atoms with Gasteiger partial charge < -0.3 is 14.3 Å². The zero-order valence-corrected chi connectivity index (χ0v) is 19.5. The number of esters is 1. The molecule has 36 heavy (non-hydrogen) atoms. The molecule has 2 saturated carbocycles. The van der Waals surface area contributed by atoms with Crippen LogP contribution in [0.5, 0.6) is 5.75 Å². The number of hydrogen-bond donors (Lipinski definition) is 0. The number of fused-ring (bicyclic) bond motifs is 8. The van der Waals surface area contributed by atoms with Crippen molar-refractivity contribution < 1.29 is 28.7 Å². The van der Waals surface area contributed by atoms with Crippen molar-refractivity contribution in [3.8, 4) is 11.8 Å². The van der Waals surface area contributed by atoms with E-state index in [1.807, 2.05) is 24.3 Å². The molecule has 2 bridgehead atoms. The third-order valence-electron chi connectivity index (χ3n) is 7.78. The highest BCUT2D eigenvalue weighted by molar-refractivity contribution is 6.23. The molecule has 2 aliphatic carbocycles. The molecular weight excluding hydrogens is 462 g/mol. The van der Waals surface area contributed by atoms with Crippen molar-refractivity contribution in [1.82, 2.24) is 0 Å². The number of imide groups is 1. The molecule has 0 spiro atoms. The van der Waals surface area contributed by atoms with E-state index in [9.17, 15) is 14.4 Å². The smallest absolute Gasteiger partial charge is 0.338 e. The van der Waals surface area contributed by atoms with Gasteiger partial charge in [0, 0.05) is 17.4 Å². The quantitative estimate of drug-likeness (QED) is 0.456. The number of ether oxygens (including phenoxy) is 2. The lowest BCUT2D eigenvalue weighted by atomic mass is 9.71. The molecule has 2 aromatic rings. The normalized spacial score (nSPS) is 29.3. The summed E-state index contributed by atoms with van der Waals surface area (Å²) >= 11 is 0. The molecule has 4 aliphatic rings. The maximum atomic E-state index is 13.6. The molecule has 2 aliphatic heterocycles. The van der Waals surface area contributed by atoms with Crippen molar-refractivity contribution in [2.45, 2.75) is 19.4 Å². The molecule has 182 valence electrons. The van der Waals surface area contributed by atoms with Gasteiger partial charge in [-0.05, 0) is 55.7 Å². The SMILES string of the molecule is CCOC(=O)c1ccc(N2C(=O)[C@@H]3[C@@H]4C[C@@H]([C@H]5ON=C(c6ccccc6OCC#N)[C@@H]45)[C@@H]3C2=O)cc1. The van der Waals surface area contributed by atoms with Gasteiger partial charge in [0.05, 0.1) is 35.4 Å². The van der Waals surface area contributed by atoms with Crippen LogP contribution in [-0.2, 0) is 19.2 Å². The molecule has 3 fully saturated rings. The van der Waals surface area contributed by atoms with Crippen LogP contribution in [0.4, 0.5) is 5.69 Å². The Balaban J connectivity index is 1.28. The third-order valence-corrected chi connectivity index (χ3v) is 7.78. The van der Waals surface area contributed by atoms with E-state index in [2.05, 4.69) is 5.16 Å². The van der Waals surface area contributed by atoms with Gasteiger partial charge in [-0.25, -0.2) is 4.79 Å². The van der Waals surface area contributed by atoms with Gasteiger partial charge in [0.2, 0.25) is 11.8 Å². The van der Waals surface area contributed by atoms with Crippen molar-refractivity contribution in [3.05, 3.63) is 59.7 Å². The molecular formula is C27H23N3O6. The minimum atomic E-state index is -0.451. The number of para-hydroxylation sites is 1. The van der Waals surface area contributed by atoms with Crippen LogP contribution >= 0.6 is 0 Å². The Morgan fingerprint density at radius 2 is 1.81 bits per heavy atom. The predicted octanol–water partition coefficient (Wildman–Crippen LogP) is 2.94. The lowest BCUT2D eigenvalue weighted by molar-refractivity contribution is -0.125. The second kappa shape index (κ2) is 8.48. The average Bonchev–Trinajstić information content (AvgIpc) is 3.63. The number of benzene rings is 2. The molecule has 6 rings (SSSR count). The second-order valence-electron chi connectivity index (χ2n) is 9.41. The highest BCUT2D eigenvalue weighted by Crippen LogP contribution is 2.62. The Kier molecular flexibility index (Phi) is 5.25. The second-order valence-corrected chi connectivity index (χ2v) is 9.41. The third kappa shape index (κ3) is 3.14. The summed E-state index contributed by atoms with van der Waals surface area (Å²) in [4.78, 5) is 46.2. The van der Waals surface area contributed by atoms with Crippen molar-refractivity contribution in [1.29, 1.82) is 5.26 Å². The van der Waals surface area contributed by atoms with E-state index in [0.29, 0.717) is 22.7 Å². The van der Waals surface area contributed by atoms with Crippen molar-refractivity contribution in [2.75, 3.05) is 18.1 Å². The van der Waals surface area contributed by atoms with Crippen LogP contribution in [0.15, 0.2) is 53.7 Å². The number of carbonyl (C=O) groups is 3. The summed E-state index contributed by atoms with van der Waals surface area (Å²) in [6, 6.07) is 15.7. The monoisotopic (exact) mass is 485 g/mol. The molecule has 6 atom stereocenters. The highest BCUT2D eigenvalue weighted by Gasteiger charge is 2.70. The summed E-state index contributed by atoms with van der Waals surface area (Å²) in [5.74, 6) is -1.59. The predicted molar refractivity (Wildman–Crippen MR) is 126 cm³/mol. The van der Waals surface area contributed by atoms with Crippen LogP contribution in [-0.4, -0.2) is 42.8 Å². The van der Waals surface area contributed by atoms with E-state index < -0.39 is 17.8 Å². The van der Waals surface area contributed by atoms with Crippen LogP contribution in [0.1, 0.15) is 29.3 Å². The zero-order chi connectivity index (χ0) is 25.0. The lowest BCUT2D eigenvalue weighted by Crippen LogP contribution is -2.41. The summed E-state index contributed by atoms with van der Waals surface area (Å²) in [6.07, 6.45) is 0.441. The number of oxime groups is 1. The summed E-state index contributed by atoms with van der Waals surface area (Å²) < 4.78 is 10.6. The first-order chi connectivity index (χ1) is 17.5. The van der Waals surface area contributed by atoms with E-state index in [1.165, 1.54) is 4.90 Å². The van der Waals surface area contributed by atoms with Gasteiger partial charge in [-0.3, -0.25) is 14.5 Å². The fourth-order valence-electron chi connectivity index (χ4n) is 6.48. The minimum Gasteiger partial charge on any atom is -0.478 e. The van der Waals surface area contributed by atoms with Crippen LogP contribution in [0.25, 0.3) is 0 Å². The van der Waals surface area contributed by atoms with E-state index in [1.54, 1.807) is 37.3 Å². The Bertz CT molecular complexity index is 1330. The number of anilines is 1. The largest absolute Gasteiger partial charge is 0.478 e. The van der Waals surface area contributed by atoms with E-state index in [-0.39, 0.29) is 48.9 Å². The summed E-state index contributed by atoms with van der Waals surface area (Å²) in [5.41, 5.74) is 2.26. The molecule has 9 nitrogen and oxygen atoms in total. The zero-order valence-electron chi connectivity index (χ0n) is 19.5. The summed E-state index contributed by atoms with van der Waals surface area (Å²) in [7, 11) is 0. The van der Waals surface area contributed by atoms with Gasteiger partial charge in [0.15, 0.2) is 6.61 Å². The van der Waals surface area contributed by atoms with Gasteiger partial charge in [-0.15, -0.1) is 0 Å². The van der Waals surface area contributed by atoms with Gasteiger partial charge in [0.1, 0.15) is 17.9 Å². The Morgan fingerprint density at radius 3 is 2.53 bits per heavy atom. The number of rotatable bonds is 6. The molecule has 0 unspecified atom stereocenters. The van der Waals surface area contributed by atoms with Gasteiger partial charge in [-0.2, -0.15) is 5.26 Å². The molecule has 0 aromatic heterocycles. The van der Waals surface area contributed by atoms with Crippen LogP contribution in [0.3, 0.4) is 0 Å². The number of carbonyl (C=O) groups excluding carboxylic acids is 3. The van der Waals surface area contributed by atoms with Crippen LogP contribution < -0.4 is 9.64 Å². The number of amides is 2. The fourth-order valence-corrected chi connectivity index (χ4v) is 6.48. The standard InChI is InChI=1S/C27H23N3O6/c1-2-34-27(33)14-7-9-15(10-8-14)30-25(31)20-17-13-18(21(20)26(30)32)24-22(17)23(29-36-24)16-5-3-4-6-19(16)35-12-11-28/h3-10,17-18,20-22,24H,2,12-13H2,1H3/t17-,18+,20+,21-,22+,24+/m0/s1. The maximum Gasteiger partial charge on any atom is 0.338 e. The Morgan fingerprint density at radius 1 is 1.08 bits per heavy atom. The number of nitrogens with zero attached hydrogens (tertiary/aromatic N) is 3. The first-order valence-corrected chi connectivity index (χ1v) is 12.0. The first-order valence-electron chi connectivity index (χ1n) is 12.0. The molecule has 2 aromatic carbocycles. The molecule has 9 heteroatoms. The molecule has 1 saturated heterocycles. The number of hydrogen-bond acceptors (Lipinski definition) is 8. The van der Waals surface area contributed by atoms with Crippen molar-refractivity contribution in [3.63, 3.8) is 0 Å². The van der Waals surface area contributed by atoms with Crippen LogP contribution in [0.2, 0.25) is 0 Å². The van der Waals surface area contributed by atoms with Crippen LogP contribution in [0, 0.1) is 40.9 Å². The summed E-state index contributed by atoms with van der Waals surface area (Å²) in [5, 5.41) is 13.3. The van der Waals surface area contributed by atoms with Gasteiger partial charge in [-0.1, -0.05) is 17.3 Å². The summed E-state index contributed by atoms with van der Waals surface area (Å²) in [6.45, 7) is 1.90.